The lowest BCUT2D eigenvalue weighted by Gasteiger charge is -2.06. The summed E-state index contributed by atoms with van der Waals surface area (Å²) in [4.78, 5) is 29.4. The predicted octanol–water partition coefficient (Wildman–Crippen LogP) is 5.44. The molecule has 1 aromatic carbocycles. The van der Waals surface area contributed by atoms with Crippen molar-refractivity contribution in [3.63, 3.8) is 0 Å². The molecule has 0 atom stereocenters. The highest BCUT2D eigenvalue weighted by molar-refractivity contribution is 7.16. The fourth-order valence-electron chi connectivity index (χ4n) is 3.59. The molecule has 3 aromatic rings. The number of rotatable bonds is 7. The summed E-state index contributed by atoms with van der Waals surface area (Å²) >= 11 is 2.89. The van der Waals surface area contributed by atoms with Gasteiger partial charge in [0.1, 0.15) is 27.4 Å². The summed E-state index contributed by atoms with van der Waals surface area (Å²) in [6, 6.07) is 9.20. The predicted molar refractivity (Wildman–Crippen MR) is 128 cm³/mol. The van der Waals surface area contributed by atoms with E-state index in [0.29, 0.717) is 39.2 Å². The van der Waals surface area contributed by atoms with Gasteiger partial charge >= 0.3 is 11.9 Å². The number of nitrogens with zero attached hydrogens (tertiary/aromatic N) is 2. The van der Waals surface area contributed by atoms with Gasteiger partial charge in [-0.05, 0) is 56.0 Å². The van der Waals surface area contributed by atoms with Crippen LogP contribution in [0.5, 0.6) is 5.75 Å². The molecule has 0 fully saturated rings. The Morgan fingerprint density at radius 3 is 2.76 bits per heavy atom. The quantitative estimate of drug-likeness (QED) is 0.273. The van der Waals surface area contributed by atoms with Crippen LogP contribution in [0, 0.1) is 11.3 Å². The van der Waals surface area contributed by atoms with Gasteiger partial charge in [-0.2, -0.15) is 5.26 Å². The molecule has 0 spiro atoms. The van der Waals surface area contributed by atoms with E-state index in [1.165, 1.54) is 34.5 Å². The molecule has 2 aromatic heterocycles. The molecular formula is C24H21N3O4S2. The molecule has 2 heterocycles. The number of ether oxygens (including phenoxy) is 2. The molecule has 33 heavy (non-hydrogen) atoms. The second-order valence-electron chi connectivity index (χ2n) is 7.25. The van der Waals surface area contributed by atoms with Gasteiger partial charge in [0, 0.05) is 28.9 Å². The van der Waals surface area contributed by atoms with E-state index >= 15 is 0 Å². The highest BCUT2D eigenvalue weighted by Gasteiger charge is 2.27. The highest BCUT2D eigenvalue weighted by atomic mass is 32.1. The van der Waals surface area contributed by atoms with Gasteiger partial charge in [-0.25, -0.2) is 9.78 Å². The zero-order valence-electron chi connectivity index (χ0n) is 18.1. The monoisotopic (exact) mass is 479 g/mol. The van der Waals surface area contributed by atoms with Crippen LogP contribution in [-0.2, 0) is 22.4 Å². The zero-order chi connectivity index (χ0) is 23.4. The molecule has 1 aliphatic carbocycles. The standard InChI is InChI=1S/C24H21N3O4S2/c1-3-30-24(29)21-18-5-4-6-20(18)33-23(21)26-12-16(11-25)22-27-19(13-32-22)15-7-9-17(10-8-15)31-14(2)28/h7-10,12-13,26H,3-6H2,1-2H3. The van der Waals surface area contributed by atoms with Gasteiger partial charge in [0.2, 0.25) is 0 Å². The number of anilines is 1. The highest BCUT2D eigenvalue weighted by Crippen LogP contribution is 2.40. The van der Waals surface area contributed by atoms with Gasteiger partial charge in [-0.3, -0.25) is 4.79 Å². The summed E-state index contributed by atoms with van der Waals surface area (Å²) in [6.45, 7) is 3.45. The maximum atomic E-state index is 12.5. The number of nitriles is 1. The van der Waals surface area contributed by atoms with Crippen LogP contribution in [0.1, 0.15) is 46.1 Å². The molecule has 1 aliphatic rings. The number of hydrogen-bond donors (Lipinski definition) is 1. The third-order valence-electron chi connectivity index (χ3n) is 5.02. The number of nitrogens with one attached hydrogen (secondary N) is 1. The van der Waals surface area contributed by atoms with Crippen LogP contribution >= 0.6 is 22.7 Å². The Morgan fingerprint density at radius 1 is 1.27 bits per heavy atom. The van der Waals surface area contributed by atoms with Crippen LogP contribution in [0.4, 0.5) is 5.00 Å². The Morgan fingerprint density at radius 2 is 2.06 bits per heavy atom. The number of carbonyl (C=O) groups is 2. The lowest BCUT2D eigenvalue weighted by molar-refractivity contribution is -0.131. The number of benzene rings is 1. The Balaban J connectivity index is 1.55. The van der Waals surface area contributed by atoms with E-state index in [1.807, 2.05) is 17.5 Å². The van der Waals surface area contributed by atoms with Crippen LogP contribution in [0.15, 0.2) is 35.8 Å². The molecule has 9 heteroatoms. The van der Waals surface area contributed by atoms with Gasteiger partial charge in [-0.15, -0.1) is 22.7 Å². The maximum absolute atomic E-state index is 12.5. The number of allylic oxidation sites excluding steroid dienone is 1. The number of fused-ring (bicyclic) bond motifs is 1. The van der Waals surface area contributed by atoms with Crippen molar-refractivity contribution in [1.29, 1.82) is 5.26 Å². The summed E-state index contributed by atoms with van der Waals surface area (Å²) < 4.78 is 10.3. The van der Waals surface area contributed by atoms with Crippen LogP contribution in [0.3, 0.4) is 0 Å². The summed E-state index contributed by atoms with van der Waals surface area (Å²) in [7, 11) is 0. The summed E-state index contributed by atoms with van der Waals surface area (Å²) in [6.07, 6.45) is 4.45. The van der Waals surface area contributed by atoms with Crippen LogP contribution in [0.2, 0.25) is 0 Å². The lowest BCUT2D eigenvalue weighted by atomic mass is 10.1. The van der Waals surface area contributed by atoms with Crippen molar-refractivity contribution in [2.24, 2.45) is 0 Å². The number of aromatic nitrogens is 1. The van der Waals surface area contributed by atoms with Crippen molar-refractivity contribution in [2.45, 2.75) is 33.1 Å². The maximum Gasteiger partial charge on any atom is 0.341 e. The molecule has 0 saturated heterocycles. The number of thiazole rings is 1. The number of aryl methyl sites for hydroxylation is 1. The summed E-state index contributed by atoms with van der Waals surface area (Å²) in [5.74, 6) is -0.249. The first-order valence-electron chi connectivity index (χ1n) is 10.4. The minimum absolute atomic E-state index is 0.311. The minimum atomic E-state index is -0.378. The molecule has 0 bridgehead atoms. The van der Waals surface area contributed by atoms with Crippen molar-refractivity contribution in [1.82, 2.24) is 4.98 Å². The van der Waals surface area contributed by atoms with Gasteiger partial charge in [0.05, 0.1) is 17.9 Å². The van der Waals surface area contributed by atoms with E-state index < -0.39 is 0 Å². The van der Waals surface area contributed by atoms with Gasteiger partial charge in [0.15, 0.2) is 0 Å². The Kier molecular flexibility index (Phi) is 6.87. The molecule has 0 amide bonds. The van der Waals surface area contributed by atoms with Gasteiger partial charge in [0.25, 0.3) is 0 Å². The topological polar surface area (TPSA) is 101 Å². The number of thiophene rings is 1. The first-order chi connectivity index (χ1) is 16.0. The van der Waals surface area contributed by atoms with E-state index in [2.05, 4.69) is 16.4 Å². The molecule has 0 radical (unpaired) electrons. The average Bonchev–Trinajstić information content (AvgIpc) is 3.51. The van der Waals surface area contributed by atoms with E-state index in [1.54, 1.807) is 25.3 Å². The van der Waals surface area contributed by atoms with E-state index in [4.69, 9.17) is 9.47 Å². The molecule has 4 rings (SSSR count). The van der Waals surface area contributed by atoms with E-state index in [0.717, 1.165) is 30.4 Å². The second-order valence-corrected chi connectivity index (χ2v) is 9.22. The van der Waals surface area contributed by atoms with Crippen LogP contribution < -0.4 is 10.1 Å². The second kappa shape index (κ2) is 9.98. The molecule has 7 nitrogen and oxygen atoms in total. The normalized spacial score (nSPS) is 12.7. The average molecular weight is 480 g/mol. The van der Waals surface area contributed by atoms with Gasteiger partial charge in [-0.1, -0.05) is 0 Å². The molecule has 0 unspecified atom stereocenters. The minimum Gasteiger partial charge on any atom is -0.462 e. The summed E-state index contributed by atoms with van der Waals surface area (Å²) in [5, 5.41) is 16.0. The molecule has 1 N–H and O–H groups in total. The molecule has 0 aliphatic heterocycles. The largest absolute Gasteiger partial charge is 0.462 e. The molecule has 0 saturated carbocycles. The Bertz CT molecular complexity index is 1270. The van der Waals surface area contributed by atoms with E-state index in [9.17, 15) is 14.9 Å². The van der Waals surface area contributed by atoms with Crippen LogP contribution in [0.25, 0.3) is 16.8 Å². The first-order valence-corrected chi connectivity index (χ1v) is 12.1. The van der Waals surface area contributed by atoms with Crippen molar-refractivity contribution in [3.8, 4) is 23.1 Å². The van der Waals surface area contributed by atoms with Crippen molar-refractivity contribution < 1.29 is 19.1 Å². The number of hydrogen-bond acceptors (Lipinski definition) is 9. The summed E-state index contributed by atoms with van der Waals surface area (Å²) in [5.41, 5.74) is 3.56. The van der Waals surface area contributed by atoms with Crippen molar-refractivity contribution in [3.05, 3.63) is 56.9 Å². The third kappa shape index (κ3) is 4.97. The fraction of sp³-hybridized carbons (Fsp3) is 0.250. The fourth-order valence-corrected chi connectivity index (χ4v) is 5.64. The Hall–Kier alpha value is -3.48. The zero-order valence-corrected chi connectivity index (χ0v) is 19.8. The van der Waals surface area contributed by atoms with E-state index in [-0.39, 0.29) is 11.9 Å². The van der Waals surface area contributed by atoms with Crippen molar-refractivity contribution >= 4 is 45.2 Å². The van der Waals surface area contributed by atoms with Crippen molar-refractivity contribution in [2.75, 3.05) is 11.9 Å². The number of esters is 2. The Labute approximate surface area is 199 Å². The lowest BCUT2D eigenvalue weighted by Crippen LogP contribution is -2.08. The van der Waals surface area contributed by atoms with Gasteiger partial charge < -0.3 is 14.8 Å². The SMILES string of the molecule is CCOC(=O)c1c(NC=C(C#N)c2nc(-c3ccc(OC(C)=O)cc3)cs2)sc2c1CCC2. The first kappa shape index (κ1) is 22.7. The molecular weight excluding hydrogens is 458 g/mol. The smallest absolute Gasteiger partial charge is 0.341 e. The van der Waals surface area contributed by atoms with Crippen LogP contribution in [-0.4, -0.2) is 23.5 Å². The third-order valence-corrected chi connectivity index (χ3v) is 7.11. The molecule has 168 valence electrons. The number of carbonyl (C=O) groups excluding carboxylic acids is 2.